The summed E-state index contributed by atoms with van der Waals surface area (Å²) >= 11 is 3.47. The van der Waals surface area contributed by atoms with Gasteiger partial charge in [0.25, 0.3) is 0 Å². The number of hydrogen-bond donors (Lipinski definition) is 1. The minimum Gasteiger partial charge on any atom is -0.490 e. The number of benzene rings is 1. The Hall–Kier alpha value is -0.590. The summed E-state index contributed by atoms with van der Waals surface area (Å²) in [6.45, 7) is 3.52. The summed E-state index contributed by atoms with van der Waals surface area (Å²) < 4.78 is 36.2. The molecule has 0 spiro atoms. The van der Waals surface area contributed by atoms with Crippen LogP contribution in [-0.4, -0.2) is 25.3 Å². The highest BCUT2D eigenvalue weighted by molar-refractivity contribution is 9.10. The molecule has 6 heteroatoms. The fourth-order valence-corrected chi connectivity index (χ4v) is 6.11. The van der Waals surface area contributed by atoms with Gasteiger partial charge in [0.2, 0.25) is 10.0 Å². The van der Waals surface area contributed by atoms with E-state index < -0.39 is 15.3 Å². The Morgan fingerprint density at radius 3 is 2.30 bits per heavy atom. The van der Waals surface area contributed by atoms with Crippen LogP contribution in [0.5, 0.6) is 5.75 Å². The van der Waals surface area contributed by atoms with Gasteiger partial charge in [-0.05, 0) is 70.2 Å². The third kappa shape index (κ3) is 5.07. The number of halogens is 1. The predicted molar refractivity (Wildman–Crippen MR) is 114 cm³/mol. The van der Waals surface area contributed by atoms with Crippen LogP contribution in [0.1, 0.15) is 71.6 Å². The lowest BCUT2D eigenvalue weighted by molar-refractivity contribution is 0.0202. The van der Waals surface area contributed by atoms with Gasteiger partial charge in [-0.15, -0.1) is 0 Å². The van der Waals surface area contributed by atoms with Gasteiger partial charge in [0.15, 0.2) is 0 Å². The number of sulfonamides is 1. The Kier molecular flexibility index (Phi) is 6.91. The number of nitrogens with one attached hydrogen (secondary N) is 1. The van der Waals surface area contributed by atoms with E-state index in [9.17, 15) is 8.42 Å². The Bertz CT molecular complexity index is 711. The molecule has 1 N–H and O–H groups in total. The first kappa shape index (κ1) is 21.1. The minimum absolute atomic E-state index is 0.0629. The van der Waals surface area contributed by atoms with Gasteiger partial charge in [-0.25, -0.2) is 13.1 Å². The lowest BCUT2D eigenvalue weighted by atomic mass is 9.67. The van der Waals surface area contributed by atoms with Gasteiger partial charge in [-0.2, -0.15) is 0 Å². The summed E-state index contributed by atoms with van der Waals surface area (Å²) in [5.74, 6) is 1.09. The van der Waals surface area contributed by atoms with Crippen molar-refractivity contribution >= 4 is 26.0 Å². The van der Waals surface area contributed by atoms with Gasteiger partial charge in [0.05, 0.1) is 5.25 Å². The van der Waals surface area contributed by atoms with E-state index in [2.05, 4.69) is 20.7 Å². The highest BCUT2D eigenvalue weighted by Crippen LogP contribution is 2.43. The van der Waals surface area contributed by atoms with Crippen LogP contribution >= 0.6 is 15.9 Å². The molecule has 0 aliphatic heterocycles. The zero-order chi connectivity index (χ0) is 19.5. The Morgan fingerprint density at radius 2 is 1.67 bits per heavy atom. The van der Waals surface area contributed by atoms with Crippen LogP contribution in [0.2, 0.25) is 0 Å². The fraction of sp³-hybridized carbons (Fsp3) is 0.714. The molecular formula is C21H32BrNO3S. The highest BCUT2D eigenvalue weighted by Gasteiger charge is 2.47. The van der Waals surface area contributed by atoms with Gasteiger partial charge >= 0.3 is 0 Å². The SMILES string of the molecule is CC(C)S(=O)(=O)NC1(C2CCCCC2Oc2ccc(Br)cc2)CCCCC1. The summed E-state index contributed by atoms with van der Waals surface area (Å²) in [5, 5.41) is -0.411. The summed E-state index contributed by atoms with van der Waals surface area (Å²) in [6, 6.07) is 7.96. The minimum atomic E-state index is -3.32. The molecule has 4 nitrogen and oxygen atoms in total. The second-order valence-electron chi connectivity index (χ2n) is 8.41. The maximum Gasteiger partial charge on any atom is 0.214 e. The largest absolute Gasteiger partial charge is 0.490 e. The van der Waals surface area contributed by atoms with Crippen LogP contribution in [0.3, 0.4) is 0 Å². The molecule has 2 saturated carbocycles. The Morgan fingerprint density at radius 1 is 1.04 bits per heavy atom. The topological polar surface area (TPSA) is 55.4 Å². The summed E-state index contributed by atoms with van der Waals surface area (Å²) in [7, 11) is -3.32. The van der Waals surface area contributed by atoms with E-state index in [1.165, 1.54) is 6.42 Å². The molecular weight excluding hydrogens is 426 g/mol. The second kappa shape index (κ2) is 8.83. The molecule has 1 aromatic rings. The molecule has 27 heavy (non-hydrogen) atoms. The van der Waals surface area contributed by atoms with Crippen molar-refractivity contribution in [3.05, 3.63) is 28.7 Å². The van der Waals surface area contributed by atoms with E-state index in [0.29, 0.717) is 0 Å². The summed E-state index contributed by atoms with van der Waals surface area (Å²) in [6.07, 6.45) is 9.58. The Labute approximate surface area is 172 Å². The van der Waals surface area contributed by atoms with Crippen molar-refractivity contribution in [2.75, 3.05) is 0 Å². The molecule has 0 amide bonds. The Balaban J connectivity index is 1.87. The third-order valence-electron chi connectivity index (χ3n) is 6.23. The van der Waals surface area contributed by atoms with Crippen LogP contribution < -0.4 is 9.46 Å². The monoisotopic (exact) mass is 457 g/mol. The van der Waals surface area contributed by atoms with Gasteiger partial charge in [0, 0.05) is 15.9 Å². The van der Waals surface area contributed by atoms with E-state index in [-0.39, 0.29) is 17.6 Å². The smallest absolute Gasteiger partial charge is 0.214 e. The maximum atomic E-state index is 12.8. The zero-order valence-electron chi connectivity index (χ0n) is 16.4. The maximum absolute atomic E-state index is 12.8. The van der Waals surface area contributed by atoms with Crippen molar-refractivity contribution in [3.63, 3.8) is 0 Å². The average Bonchev–Trinajstić information content (AvgIpc) is 2.64. The number of ether oxygens (including phenoxy) is 1. The molecule has 2 aliphatic carbocycles. The molecule has 2 atom stereocenters. The predicted octanol–water partition coefficient (Wildman–Crippen LogP) is 5.42. The average molecular weight is 458 g/mol. The van der Waals surface area contributed by atoms with Gasteiger partial charge < -0.3 is 4.74 Å². The number of rotatable bonds is 6. The van der Waals surface area contributed by atoms with Crippen LogP contribution in [0.4, 0.5) is 0 Å². The first-order chi connectivity index (χ1) is 12.8. The fourth-order valence-electron chi connectivity index (χ4n) is 4.69. The molecule has 0 radical (unpaired) electrons. The summed E-state index contributed by atoms with van der Waals surface area (Å²) in [4.78, 5) is 0. The lowest BCUT2D eigenvalue weighted by Crippen LogP contribution is -2.60. The van der Waals surface area contributed by atoms with E-state index in [4.69, 9.17) is 4.74 Å². The van der Waals surface area contributed by atoms with Crippen molar-refractivity contribution in [1.29, 1.82) is 0 Å². The van der Waals surface area contributed by atoms with Crippen molar-refractivity contribution in [3.8, 4) is 5.75 Å². The molecule has 0 bridgehead atoms. The molecule has 2 unspecified atom stereocenters. The van der Waals surface area contributed by atoms with Crippen molar-refractivity contribution in [2.24, 2.45) is 5.92 Å². The molecule has 1 aromatic carbocycles. The molecule has 0 aromatic heterocycles. The second-order valence-corrected chi connectivity index (χ2v) is 11.6. The molecule has 0 saturated heterocycles. The molecule has 2 aliphatic rings. The van der Waals surface area contributed by atoms with Crippen molar-refractivity contribution < 1.29 is 13.2 Å². The normalized spacial score (nSPS) is 26.1. The molecule has 0 heterocycles. The van der Waals surface area contributed by atoms with Crippen molar-refractivity contribution in [2.45, 2.75) is 88.5 Å². The molecule has 3 rings (SSSR count). The molecule has 152 valence electrons. The number of hydrogen-bond acceptors (Lipinski definition) is 3. The van der Waals surface area contributed by atoms with E-state index >= 15 is 0 Å². The van der Waals surface area contributed by atoms with E-state index in [1.54, 1.807) is 13.8 Å². The van der Waals surface area contributed by atoms with Crippen LogP contribution in [0, 0.1) is 5.92 Å². The van der Waals surface area contributed by atoms with Crippen molar-refractivity contribution in [1.82, 2.24) is 4.72 Å². The molecule has 2 fully saturated rings. The lowest BCUT2D eigenvalue weighted by Gasteiger charge is -2.48. The van der Waals surface area contributed by atoms with E-state index in [1.807, 2.05) is 24.3 Å². The summed E-state index contributed by atoms with van der Waals surface area (Å²) in [5.41, 5.74) is -0.359. The van der Waals surface area contributed by atoms with Crippen LogP contribution in [0.15, 0.2) is 28.7 Å². The standard InChI is InChI=1S/C21H32BrNO3S/c1-16(2)27(24,25)23-21(14-6-3-7-15-21)19-8-4-5-9-20(19)26-18-12-10-17(22)11-13-18/h10-13,16,19-20,23H,3-9,14-15H2,1-2H3. The zero-order valence-corrected chi connectivity index (χ0v) is 18.8. The van der Waals surface area contributed by atoms with Gasteiger partial charge in [0.1, 0.15) is 11.9 Å². The van der Waals surface area contributed by atoms with Gasteiger partial charge in [-0.1, -0.05) is 41.6 Å². The van der Waals surface area contributed by atoms with Crippen LogP contribution in [0.25, 0.3) is 0 Å². The highest BCUT2D eigenvalue weighted by atomic mass is 79.9. The quantitative estimate of drug-likeness (QED) is 0.620. The van der Waals surface area contributed by atoms with Crippen LogP contribution in [-0.2, 0) is 10.0 Å². The van der Waals surface area contributed by atoms with Gasteiger partial charge in [-0.3, -0.25) is 0 Å². The third-order valence-corrected chi connectivity index (χ3v) is 8.69. The van der Waals surface area contributed by atoms with E-state index in [0.717, 1.165) is 61.6 Å². The first-order valence-corrected chi connectivity index (χ1v) is 12.6. The first-order valence-electron chi connectivity index (χ1n) is 10.3.